The zero-order valence-corrected chi connectivity index (χ0v) is 15.2. The van der Waals surface area contributed by atoms with Crippen molar-refractivity contribution in [3.05, 3.63) is 69.0 Å². The highest BCUT2D eigenvalue weighted by molar-refractivity contribution is 7.10. The Morgan fingerprint density at radius 1 is 1.20 bits per heavy atom. The Labute approximate surface area is 153 Å². The Hall–Kier alpha value is -2.35. The van der Waals surface area contributed by atoms with Crippen LogP contribution in [0.4, 0.5) is 10.5 Å². The van der Waals surface area contributed by atoms with Gasteiger partial charge in [0.25, 0.3) is 0 Å². The molecule has 0 aliphatic heterocycles. The fourth-order valence-electron chi connectivity index (χ4n) is 2.47. The van der Waals surface area contributed by atoms with Crippen LogP contribution in [0.15, 0.2) is 58.6 Å². The molecule has 130 valence electrons. The maximum atomic E-state index is 12.3. The summed E-state index contributed by atoms with van der Waals surface area (Å²) in [6.07, 6.45) is 0. The van der Waals surface area contributed by atoms with Gasteiger partial charge in [0.2, 0.25) is 0 Å². The van der Waals surface area contributed by atoms with Crippen LogP contribution in [0.1, 0.15) is 10.4 Å². The van der Waals surface area contributed by atoms with Gasteiger partial charge in [-0.25, -0.2) is 4.79 Å². The molecule has 5 nitrogen and oxygen atoms in total. The number of benzene rings is 1. The van der Waals surface area contributed by atoms with Gasteiger partial charge in [-0.2, -0.15) is 11.3 Å². The van der Waals surface area contributed by atoms with Gasteiger partial charge in [-0.3, -0.25) is 0 Å². The van der Waals surface area contributed by atoms with E-state index < -0.39 is 11.6 Å². The number of para-hydroxylation sites is 2. The number of anilines is 1. The van der Waals surface area contributed by atoms with E-state index in [0.717, 1.165) is 10.4 Å². The number of nitrogens with one attached hydrogen (secondary N) is 2. The lowest BCUT2D eigenvalue weighted by atomic mass is 9.94. The number of urea groups is 1. The molecule has 1 unspecified atom stereocenters. The number of hydrogen-bond acceptors (Lipinski definition) is 5. The lowest BCUT2D eigenvalue weighted by Gasteiger charge is -2.27. The average Bonchev–Trinajstić information content (AvgIpc) is 3.34. The van der Waals surface area contributed by atoms with Gasteiger partial charge in [0, 0.05) is 10.4 Å². The van der Waals surface area contributed by atoms with Gasteiger partial charge >= 0.3 is 6.03 Å². The second kappa shape index (κ2) is 7.69. The zero-order chi connectivity index (χ0) is 17.7. The Morgan fingerprint density at radius 3 is 2.72 bits per heavy atom. The number of rotatable bonds is 6. The highest BCUT2D eigenvalue weighted by atomic mass is 32.1. The number of amides is 2. The highest BCUT2D eigenvalue weighted by Crippen LogP contribution is 2.33. The van der Waals surface area contributed by atoms with Gasteiger partial charge in [0.05, 0.1) is 19.3 Å². The summed E-state index contributed by atoms with van der Waals surface area (Å²) < 4.78 is 5.22. The predicted octanol–water partition coefficient (Wildman–Crippen LogP) is 3.88. The van der Waals surface area contributed by atoms with Crippen molar-refractivity contribution < 1.29 is 14.6 Å². The first-order chi connectivity index (χ1) is 12.1. The molecule has 25 heavy (non-hydrogen) atoms. The van der Waals surface area contributed by atoms with Crippen molar-refractivity contribution in [1.29, 1.82) is 0 Å². The molecular weight excluding hydrogens is 356 g/mol. The van der Waals surface area contributed by atoms with Crippen LogP contribution in [-0.2, 0) is 5.60 Å². The molecule has 2 heterocycles. The number of carbonyl (C=O) groups excluding carboxylic acids is 1. The molecule has 0 aliphatic carbocycles. The first-order valence-electron chi connectivity index (χ1n) is 7.60. The number of thiophene rings is 2. The summed E-state index contributed by atoms with van der Waals surface area (Å²) in [5.41, 5.74) is 0.0713. The minimum absolute atomic E-state index is 0.0607. The largest absolute Gasteiger partial charge is 0.495 e. The standard InChI is InChI=1S/C18H18N2O3S2/c1-23-15-6-3-2-5-14(15)20-17(21)19-12-18(22,13-8-10-24-11-13)16-7-4-9-25-16/h2-11,22H,12H2,1H3,(H2,19,20,21). The van der Waals surface area contributed by atoms with Crippen LogP contribution in [0.25, 0.3) is 0 Å². The molecule has 0 spiro atoms. The Bertz CT molecular complexity index is 782. The molecule has 3 aromatic rings. The Kier molecular flexibility index (Phi) is 5.37. The van der Waals surface area contributed by atoms with Crippen LogP contribution in [-0.4, -0.2) is 24.8 Å². The fourth-order valence-corrected chi connectivity index (χ4v) is 4.04. The van der Waals surface area contributed by atoms with Crippen molar-refractivity contribution in [2.75, 3.05) is 19.0 Å². The van der Waals surface area contributed by atoms with Crippen molar-refractivity contribution >= 4 is 34.4 Å². The Balaban J connectivity index is 1.73. The third-order valence-electron chi connectivity index (χ3n) is 3.79. The van der Waals surface area contributed by atoms with Gasteiger partial charge in [0.1, 0.15) is 11.4 Å². The van der Waals surface area contributed by atoms with Gasteiger partial charge in [-0.15, -0.1) is 11.3 Å². The van der Waals surface area contributed by atoms with E-state index in [2.05, 4.69) is 10.6 Å². The molecule has 0 bridgehead atoms. The van der Waals surface area contributed by atoms with Gasteiger partial charge in [-0.05, 0) is 40.4 Å². The van der Waals surface area contributed by atoms with E-state index in [4.69, 9.17) is 4.74 Å². The van der Waals surface area contributed by atoms with Crippen LogP contribution in [0.5, 0.6) is 5.75 Å². The maximum Gasteiger partial charge on any atom is 0.319 e. The lowest BCUT2D eigenvalue weighted by Crippen LogP contribution is -2.42. The second-order valence-electron chi connectivity index (χ2n) is 5.36. The molecule has 1 atom stereocenters. The summed E-state index contributed by atoms with van der Waals surface area (Å²) in [6.45, 7) is 0.0607. The number of aliphatic hydroxyl groups is 1. The number of carbonyl (C=O) groups is 1. The van der Waals surface area contributed by atoms with Crippen molar-refractivity contribution in [2.24, 2.45) is 0 Å². The predicted molar refractivity (Wildman–Crippen MR) is 102 cm³/mol. The summed E-state index contributed by atoms with van der Waals surface area (Å²) in [5, 5.41) is 22.4. The van der Waals surface area contributed by atoms with Crippen LogP contribution in [0, 0.1) is 0 Å². The van der Waals surface area contributed by atoms with Crippen molar-refractivity contribution in [2.45, 2.75) is 5.60 Å². The minimum Gasteiger partial charge on any atom is -0.495 e. The minimum atomic E-state index is -1.26. The normalized spacial score (nSPS) is 13.0. The molecule has 1 aromatic carbocycles. The molecule has 7 heteroatoms. The van der Waals surface area contributed by atoms with E-state index in [9.17, 15) is 9.90 Å². The average molecular weight is 374 g/mol. The summed E-state index contributed by atoms with van der Waals surface area (Å²) in [7, 11) is 1.55. The highest BCUT2D eigenvalue weighted by Gasteiger charge is 2.33. The van der Waals surface area contributed by atoms with E-state index in [1.807, 2.05) is 46.5 Å². The first-order valence-corrected chi connectivity index (χ1v) is 9.42. The fraction of sp³-hybridized carbons (Fsp3) is 0.167. The van der Waals surface area contributed by atoms with E-state index in [-0.39, 0.29) is 6.54 Å². The number of methoxy groups -OCH3 is 1. The second-order valence-corrected chi connectivity index (χ2v) is 7.09. The van der Waals surface area contributed by atoms with E-state index in [1.165, 1.54) is 22.7 Å². The third kappa shape index (κ3) is 3.84. The SMILES string of the molecule is COc1ccccc1NC(=O)NCC(O)(c1ccsc1)c1cccs1. The van der Waals surface area contributed by atoms with Crippen LogP contribution >= 0.6 is 22.7 Å². The summed E-state index contributed by atoms with van der Waals surface area (Å²) in [4.78, 5) is 13.1. The van der Waals surface area contributed by atoms with Crippen molar-refractivity contribution in [3.8, 4) is 5.75 Å². The number of ether oxygens (including phenoxy) is 1. The van der Waals surface area contributed by atoms with Crippen LogP contribution < -0.4 is 15.4 Å². The van der Waals surface area contributed by atoms with Gasteiger partial charge < -0.3 is 20.5 Å². The number of hydrogen-bond donors (Lipinski definition) is 3. The quantitative estimate of drug-likeness (QED) is 0.613. The third-order valence-corrected chi connectivity index (χ3v) is 5.49. The van der Waals surface area contributed by atoms with Gasteiger partial charge in [-0.1, -0.05) is 18.2 Å². The molecule has 3 N–H and O–H groups in total. The van der Waals surface area contributed by atoms with E-state index >= 15 is 0 Å². The molecule has 0 aliphatic rings. The smallest absolute Gasteiger partial charge is 0.319 e. The van der Waals surface area contributed by atoms with E-state index in [1.54, 1.807) is 19.2 Å². The van der Waals surface area contributed by atoms with Gasteiger partial charge in [0.15, 0.2) is 0 Å². The van der Waals surface area contributed by atoms with Crippen LogP contribution in [0.2, 0.25) is 0 Å². The lowest BCUT2D eigenvalue weighted by molar-refractivity contribution is 0.0871. The summed E-state index contributed by atoms with van der Waals surface area (Å²) >= 11 is 2.96. The molecular formula is C18H18N2O3S2. The monoisotopic (exact) mass is 374 g/mol. The maximum absolute atomic E-state index is 12.3. The molecule has 2 amide bonds. The Morgan fingerprint density at radius 2 is 2.04 bits per heavy atom. The van der Waals surface area contributed by atoms with Crippen LogP contribution in [0.3, 0.4) is 0 Å². The van der Waals surface area contributed by atoms with E-state index in [0.29, 0.717) is 11.4 Å². The molecule has 0 saturated carbocycles. The van der Waals surface area contributed by atoms with Crippen molar-refractivity contribution in [1.82, 2.24) is 5.32 Å². The molecule has 0 saturated heterocycles. The molecule has 0 radical (unpaired) electrons. The first kappa shape index (κ1) is 17.5. The summed E-state index contributed by atoms with van der Waals surface area (Å²) in [5.74, 6) is 0.573. The summed E-state index contributed by atoms with van der Waals surface area (Å²) in [6, 6.07) is 12.4. The molecule has 2 aromatic heterocycles. The molecule has 0 fully saturated rings. The zero-order valence-electron chi connectivity index (χ0n) is 13.6. The topological polar surface area (TPSA) is 70.6 Å². The van der Waals surface area contributed by atoms with Crippen molar-refractivity contribution in [3.63, 3.8) is 0 Å². The molecule has 3 rings (SSSR count).